The Labute approximate surface area is 92.9 Å². The Morgan fingerprint density at radius 3 is 2.67 bits per heavy atom. The summed E-state index contributed by atoms with van der Waals surface area (Å²) in [5.74, 6) is 0. The summed E-state index contributed by atoms with van der Waals surface area (Å²) < 4.78 is 0. The summed E-state index contributed by atoms with van der Waals surface area (Å²) in [6, 6.07) is 10.9. The molecule has 2 rings (SSSR count). The Kier molecular flexibility index (Phi) is 3.42. The topological polar surface area (TPSA) is 12.0 Å². The summed E-state index contributed by atoms with van der Waals surface area (Å²) in [5.41, 5.74) is 1.71. The van der Waals surface area contributed by atoms with Crippen molar-refractivity contribution in [2.45, 2.75) is 44.6 Å². The molecule has 1 heteroatoms. The second-order valence-electron chi connectivity index (χ2n) is 4.54. The molecule has 0 bridgehead atoms. The second kappa shape index (κ2) is 4.80. The zero-order chi connectivity index (χ0) is 10.6. The zero-order valence-corrected chi connectivity index (χ0v) is 9.63. The number of hydrogen-bond donors (Lipinski definition) is 1. The third kappa shape index (κ3) is 2.23. The Morgan fingerprint density at radius 2 is 1.93 bits per heavy atom. The van der Waals surface area contributed by atoms with Crippen LogP contribution in [0.2, 0.25) is 0 Å². The molecular formula is C14H21N. The lowest BCUT2D eigenvalue weighted by Gasteiger charge is -2.33. The minimum atomic E-state index is 0.248. The fourth-order valence-electron chi connectivity index (χ4n) is 2.65. The number of benzene rings is 1. The average Bonchev–Trinajstić information content (AvgIpc) is 2.56. The molecule has 1 heterocycles. The molecule has 0 aliphatic carbocycles. The Bertz CT molecular complexity index is 283. The lowest BCUT2D eigenvalue weighted by atomic mass is 9.83. The van der Waals surface area contributed by atoms with Gasteiger partial charge in [0.2, 0.25) is 0 Å². The van der Waals surface area contributed by atoms with E-state index in [0.29, 0.717) is 0 Å². The van der Waals surface area contributed by atoms with Crippen LogP contribution in [0.15, 0.2) is 30.3 Å². The molecule has 1 fully saturated rings. The summed E-state index contributed by atoms with van der Waals surface area (Å²) in [5, 5.41) is 3.76. The van der Waals surface area contributed by atoms with Gasteiger partial charge in [-0.15, -0.1) is 0 Å². The largest absolute Gasteiger partial charge is 0.307 e. The van der Waals surface area contributed by atoms with Gasteiger partial charge in [0.25, 0.3) is 0 Å². The van der Waals surface area contributed by atoms with Crippen LogP contribution in [-0.2, 0) is 5.54 Å². The quantitative estimate of drug-likeness (QED) is 0.776. The van der Waals surface area contributed by atoms with E-state index in [9.17, 15) is 0 Å². The van der Waals surface area contributed by atoms with Gasteiger partial charge in [0.1, 0.15) is 0 Å². The van der Waals surface area contributed by atoms with Gasteiger partial charge in [-0.2, -0.15) is 0 Å². The molecule has 0 amide bonds. The van der Waals surface area contributed by atoms with E-state index in [1.54, 1.807) is 0 Å². The normalized spacial score (nSPS) is 27.3. The van der Waals surface area contributed by atoms with Gasteiger partial charge in [-0.05, 0) is 31.4 Å². The Morgan fingerprint density at radius 1 is 1.13 bits per heavy atom. The molecule has 1 aliphatic heterocycles. The maximum Gasteiger partial charge on any atom is 0.0432 e. The molecule has 82 valence electrons. The van der Waals surface area contributed by atoms with Crippen LogP contribution in [0, 0.1) is 0 Å². The average molecular weight is 203 g/mol. The number of hydrogen-bond acceptors (Lipinski definition) is 1. The van der Waals surface area contributed by atoms with Crippen LogP contribution in [0.3, 0.4) is 0 Å². The molecule has 1 nitrogen and oxygen atoms in total. The monoisotopic (exact) mass is 203 g/mol. The Hall–Kier alpha value is -0.820. The van der Waals surface area contributed by atoms with E-state index < -0.39 is 0 Å². The standard InChI is InChI=1S/C14H21N/c1-2-14(11-7-4-8-12-15-14)13-9-5-3-6-10-13/h3,5-6,9-10,15H,2,4,7-8,11-12H2,1H3. The first-order chi connectivity index (χ1) is 7.37. The number of nitrogens with one attached hydrogen (secondary N) is 1. The van der Waals surface area contributed by atoms with E-state index in [2.05, 4.69) is 42.6 Å². The van der Waals surface area contributed by atoms with Crippen LogP contribution in [-0.4, -0.2) is 6.54 Å². The minimum absolute atomic E-state index is 0.248. The van der Waals surface area contributed by atoms with E-state index in [-0.39, 0.29) is 5.54 Å². The van der Waals surface area contributed by atoms with E-state index >= 15 is 0 Å². The molecule has 1 atom stereocenters. The third-order valence-corrected chi connectivity index (χ3v) is 3.67. The first-order valence-corrected chi connectivity index (χ1v) is 6.18. The highest BCUT2D eigenvalue weighted by Gasteiger charge is 2.29. The van der Waals surface area contributed by atoms with Crippen LogP contribution in [0.5, 0.6) is 0 Å². The maximum atomic E-state index is 3.76. The van der Waals surface area contributed by atoms with Gasteiger partial charge in [0, 0.05) is 5.54 Å². The molecular weight excluding hydrogens is 182 g/mol. The van der Waals surface area contributed by atoms with Crippen LogP contribution in [0.25, 0.3) is 0 Å². The van der Waals surface area contributed by atoms with Crippen molar-refractivity contribution in [3.8, 4) is 0 Å². The first-order valence-electron chi connectivity index (χ1n) is 6.18. The second-order valence-corrected chi connectivity index (χ2v) is 4.54. The molecule has 0 aromatic heterocycles. The van der Waals surface area contributed by atoms with Gasteiger partial charge in [-0.3, -0.25) is 0 Å². The summed E-state index contributed by atoms with van der Waals surface area (Å²) in [7, 11) is 0. The van der Waals surface area contributed by atoms with E-state index in [4.69, 9.17) is 0 Å². The van der Waals surface area contributed by atoms with Crippen molar-refractivity contribution in [1.29, 1.82) is 0 Å². The molecule has 1 aromatic carbocycles. The van der Waals surface area contributed by atoms with Gasteiger partial charge in [0.15, 0.2) is 0 Å². The van der Waals surface area contributed by atoms with Crippen LogP contribution in [0.1, 0.15) is 44.6 Å². The van der Waals surface area contributed by atoms with Gasteiger partial charge in [-0.25, -0.2) is 0 Å². The van der Waals surface area contributed by atoms with Crippen molar-refractivity contribution in [1.82, 2.24) is 5.32 Å². The van der Waals surface area contributed by atoms with E-state index in [1.165, 1.54) is 44.2 Å². The molecule has 15 heavy (non-hydrogen) atoms. The first kappa shape index (κ1) is 10.7. The molecule has 1 unspecified atom stereocenters. The number of rotatable bonds is 2. The smallest absolute Gasteiger partial charge is 0.0432 e. The van der Waals surface area contributed by atoms with Gasteiger partial charge in [-0.1, -0.05) is 50.1 Å². The predicted octanol–water partition coefficient (Wildman–Crippen LogP) is 3.46. The minimum Gasteiger partial charge on any atom is -0.307 e. The lowest BCUT2D eigenvalue weighted by molar-refractivity contribution is 0.312. The summed E-state index contributed by atoms with van der Waals surface area (Å²) in [4.78, 5) is 0. The summed E-state index contributed by atoms with van der Waals surface area (Å²) in [6.07, 6.45) is 6.54. The fourth-order valence-corrected chi connectivity index (χ4v) is 2.65. The molecule has 1 aliphatic rings. The third-order valence-electron chi connectivity index (χ3n) is 3.67. The van der Waals surface area contributed by atoms with Crippen LogP contribution < -0.4 is 5.32 Å². The highest BCUT2D eigenvalue weighted by Crippen LogP contribution is 2.32. The van der Waals surface area contributed by atoms with Crippen molar-refractivity contribution in [3.63, 3.8) is 0 Å². The molecule has 1 saturated heterocycles. The van der Waals surface area contributed by atoms with Crippen molar-refractivity contribution in [3.05, 3.63) is 35.9 Å². The molecule has 1 aromatic rings. The molecule has 1 N–H and O–H groups in total. The lowest BCUT2D eigenvalue weighted by Crippen LogP contribution is -2.41. The maximum absolute atomic E-state index is 3.76. The van der Waals surface area contributed by atoms with E-state index in [1.807, 2.05) is 0 Å². The van der Waals surface area contributed by atoms with Crippen LogP contribution in [0.4, 0.5) is 0 Å². The van der Waals surface area contributed by atoms with Crippen LogP contribution >= 0.6 is 0 Å². The van der Waals surface area contributed by atoms with Crippen molar-refractivity contribution < 1.29 is 0 Å². The van der Waals surface area contributed by atoms with Gasteiger partial charge < -0.3 is 5.32 Å². The van der Waals surface area contributed by atoms with Crippen molar-refractivity contribution >= 4 is 0 Å². The summed E-state index contributed by atoms with van der Waals surface area (Å²) in [6.45, 7) is 3.47. The van der Waals surface area contributed by atoms with Crippen molar-refractivity contribution in [2.75, 3.05) is 6.54 Å². The Balaban J connectivity index is 2.27. The fraction of sp³-hybridized carbons (Fsp3) is 0.571. The van der Waals surface area contributed by atoms with Crippen molar-refractivity contribution in [2.24, 2.45) is 0 Å². The van der Waals surface area contributed by atoms with Gasteiger partial charge >= 0.3 is 0 Å². The molecule has 0 radical (unpaired) electrons. The predicted molar refractivity (Wildman–Crippen MR) is 64.9 cm³/mol. The van der Waals surface area contributed by atoms with Gasteiger partial charge in [0.05, 0.1) is 0 Å². The molecule has 0 saturated carbocycles. The van der Waals surface area contributed by atoms with E-state index in [0.717, 1.165) is 0 Å². The highest BCUT2D eigenvalue weighted by molar-refractivity contribution is 5.24. The zero-order valence-electron chi connectivity index (χ0n) is 9.63. The highest BCUT2D eigenvalue weighted by atomic mass is 15.0. The summed E-state index contributed by atoms with van der Waals surface area (Å²) >= 11 is 0. The SMILES string of the molecule is CCC1(c2ccccc2)CCCCCN1. The molecule has 0 spiro atoms.